The van der Waals surface area contributed by atoms with Crippen LogP contribution in [0.25, 0.3) is 0 Å². The number of carbonyl (C=O) groups is 2. The topological polar surface area (TPSA) is 49.9 Å². The summed E-state index contributed by atoms with van der Waals surface area (Å²) in [4.78, 5) is 29.1. The monoisotopic (exact) mass is 460 g/mol. The molecule has 0 aliphatic carbocycles. The zero-order valence-electron chi connectivity index (χ0n) is 15.6. The van der Waals surface area contributed by atoms with E-state index in [0.717, 1.165) is 28.8 Å². The Balaban J connectivity index is 1.53. The number of hydrogen-bond donors (Lipinski definition) is 0. The van der Waals surface area contributed by atoms with E-state index < -0.39 is 0 Å². The van der Waals surface area contributed by atoms with E-state index in [0.29, 0.717) is 24.4 Å². The molecule has 2 heterocycles. The van der Waals surface area contributed by atoms with E-state index in [9.17, 15) is 9.59 Å². The molecule has 2 aliphatic heterocycles. The van der Waals surface area contributed by atoms with Crippen molar-refractivity contribution in [3.8, 4) is 5.75 Å². The second-order valence-electron chi connectivity index (χ2n) is 6.97. The number of thioether (sulfide) groups is 1. The van der Waals surface area contributed by atoms with Crippen LogP contribution in [0.4, 0.5) is 5.69 Å². The van der Waals surface area contributed by atoms with Gasteiger partial charge in [-0.2, -0.15) is 0 Å². The van der Waals surface area contributed by atoms with Gasteiger partial charge in [0, 0.05) is 34.9 Å². The molecule has 2 amide bonds. The van der Waals surface area contributed by atoms with Gasteiger partial charge in [0.15, 0.2) is 0 Å². The second-order valence-corrected chi connectivity index (χ2v) is 9.22. The number of benzene rings is 2. The molecule has 0 atom stereocenters. The van der Waals surface area contributed by atoms with Gasteiger partial charge in [0.05, 0.1) is 17.7 Å². The molecule has 0 bridgehead atoms. The van der Waals surface area contributed by atoms with Crippen molar-refractivity contribution in [2.45, 2.75) is 17.7 Å². The van der Waals surface area contributed by atoms with Crippen LogP contribution in [0.3, 0.4) is 0 Å². The van der Waals surface area contributed by atoms with E-state index in [1.165, 1.54) is 0 Å². The number of methoxy groups -OCH3 is 1. The Morgan fingerprint density at radius 1 is 1.14 bits per heavy atom. The number of anilines is 1. The number of nitrogens with zero attached hydrogens (tertiary/aromatic N) is 2. The maximum Gasteiger partial charge on any atom is 0.253 e. The molecule has 2 aliphatic rings. The van der Waals surface area contributed by atoms with Crippen molar-refractivity contribution in [2.24, 2.45) is 0 Å². The highest BCUT2D eigenvalue weighted by Crippen LogP contribution is 2.47. The van der Waals surface area contributed by atoms with Crippen molar-refractivity contribution in [3.63, 3.8) is 0 Å². The Morgan fingerprint density at radius 3 is 2.61 bits per heavy atom. The lowest BCUT2D eigenvalue weighted by atomic mass is 10.00. The van der Waals surface area contributed by atoms with Crippen LogP contribution in [-0.4, -0.2) is 47.5 Å². The van der Waals surface area contributed by atoms with Gasteiger partial charge in [-0.05, 0) is 43.2 Å². The van der Waals surface area contributed by atoms with Crippen LogP contribution < -0.4 is 9.64 Å². The minimum atomic E-state index is -0.294. The number of ether oxygens (including phenoxy) is 1. The fourth-order valence-corrected chi connectivity index (χ4v) is 5.64. The molecule has 0 N–H and O–H groups in total. The summed E-state index contributed by atoms with van der Waals surface area (Å²) in [6.45, 7) is 1.26. The van der Waals surface area contributed by atoms with Crippen LogP contribution in [0.15, 0.2) is 53.0 Å². The molecule has 2 aromatic rings. The Labute approximate surface area is 177 Å². The van der Waals surface area contributed by atoms with Crippen molar-refractivity contribution < 1.29 is 14.3 Å². The maximum atomic E-state index is 12.9. The minimum absolute atomic E-state index is 0.0402. The Morgan fingerprint density at radius 2 is 1.89 bits per heavy atom. The predicted octanol–water partition coefficient (Wildman–Crippen LogP) is 4.17. The Kier molecular flexibility index (Phi) is 5.38. The van der Waals surface area contributed by atoms with Gasteiger partial charge < -0.3 is 9.64 Å². The van der Waals surface area contributed by atoms with Gasteiger partial charge in [0.2, 0.25) is 5.91 Å². The zero-order valence-corrected chi connectivity index (χ0v) is 18.0. The summed E-state index contributed by atoms with van der Waals surface area (Å²) in [5.74, 6) is 1.36. The molecule has 28 heavy (non-hydrogen) atoms. The van der Waals surface area contributed by atoms with Crippen LogP contribution in [0, 0.1) is 0 Å². The number of carbonyl (C=O) groups excluding carboxylic acids is 2. The van der Waals surface area contributed by atoms with Crippen LogP contribution in [0.2, 0.25) is 0 Å². The molecule has 0 saturated carbocycles. The molecule has 5 nitrogen and oxygen atoms in total. The van der Waals surface area contributed by atoms with E-state index >= 15 is 0 Å². The molecular weight excluding hydrogens is 440 g/mol. The van der Waals surface area contributed by atoms with Crippen molar-refractivity contribution >= 4 is 45.2 Å². The van der Waals surface area contributed by atoms with Gasteiger partial charge in [0.1, 0.15) is 5.75 Å². The number of halogens is 1. The first-order valence-corrected chi connectivity index (χ1v) is 11.0. The average Bonchev–Trinajstić information content (AvgIpc) is 3.03. The average molecular weight is 461 g/mol. The van der Waals surface area contributed by atoms with Crippen molar-refractivity contribution in [1.29, 1.82) is 0 Å². The standard InChI is InChI=1S/C21H21BrN2O3S/c1-27-18-7-3-6-17(13-18)24-19(25)14-28-21(24)8-10-23(11-9-21)20(26)15-4-2-5-16(22)12-15/h2-7,12-13H,8-11,14H2,1H3. The molecule has 0 unspecified atom stereocenters. The molecule has 7 heteroatoms. The van der Waals surface area contributed by atoms with Gasteiger partial charge in [-0.15, -0.1) is 11.8 Å². The third-order valence-electron chi connectivity index (χ3n) is 5.34. The third-order valence-corrected chi connectivity index (χ3v) is 7.35. The summed E-state index contributed by atoms with van der Waals surface area (Å²) < 4.78 is 6.23. The summed E-state index contributed by atoms with van der Waals surface area (Å²) in [6.07, 6.45) is 1.50. The van der Waals surface area contributed by atoms with Crippen molar-refractivity contribution in [2.75, 3.05) is 30.9 Å². The van der Waals surface area contributed by atoms with Crippen LogP contribution >= 0.6 is 27.7 Å². The van der Waals surface area contributed by atoms with E-state index in [-0.39, 0.29) is 16.7 Å². The normalized spacial score (nSPS) is 18.6. The SMILES string of the molecule is COc1cccc(N2C(=O)CSC23CCN(C(=O)c2cccc(Br)c2)CC3)c1. The predicted molar refractivity (Wildman–Crippen MR) is 115 cm³/mol. The van der Waals surface area contributed by atoms with Gasteiger partial charge in [0.25, 0.3) is 5.91 Å². The summed E-state index contributed by atoms with van der Waals surface area (Å²) in [7, 11) is 1.63. The number of hydrogen-bond acceptors (Lipinski definition) is 4. The van der Waals surface area contributed by atoms with Gasteiger partial charge in [-0.1, -0.05) is 28.1 Å². The van der Waals surface area contributed by atoms with Crippen molar-refractivity contribution in [1.82, 2.24) is 4.90 Å². The molecular formula is C21H21BrN2O3S. The minimum Gasteiger partial charge on any atom is -0.497 e. The second kappa shape index (κ2) is 7.79. The Bertz CT molecular complexity index is 912. The van der Waals surface area contributed by atoms with E-state index in [1.54, 1.807) is 18.9 Å². The molecule has 2 saturated heterocycles. The molecule has 146 valence electrons. The molecule has 2 aromatic carbocycles. The molecule has 0 aromatic heterocycles. The van der Waals surface area contributed by atoms with Crippen LogP contribution in [-0.2, 0) is 4.79 Å². The van der Waals surface area contributed by atoms with Gasteiger partial charge in [-0.3, -0.25) is 14.5 Å². The lowest BCUT2D eigenvalue weighted by Crippen LogP contribution is -2.53. The number of amides is 2. The highest BCUT2D eigenvalue weighted by Gasteiger charge is 2.49. The Hall–Kier alpha value is -1.99. The number of piperidine rings is 1. The molecule has 1 spiro atoms. The highest BCUT2D eigenvalue weighted by atomic mass is 79.9. The van der Waals surface area contributed by atoms with E-state index in [2.05, 4.69) is 15.9 Å². The molecule has 4 rings (SSSR count). The van der Waals surface area contributed by atoms with Crippen LogP contribution in [0.1, 0.15) is 23.2 Å². The first kappa shape index (κ1) is 19.3. The third kappa shape index (κ3) is 3.53. The van der Waals surface area contributed by atoms with Crippen molar-refractivity contribution in [3.05, 3.63) is 58.6 Å². The zero-order chi connectivity index (χ0) is 19.7. The summed E-state index contributed by atoms with van der Waals surface area (Å²) in [6, 6.07) is 15.1. The quantitative estimate of drug-likeness (QED) is 0.689. The summed E-state index contributed by atoms with van der Waals surface area (Å²) in [5, 5.41) is 0. The smallest absolute Gasteiger partial charge is 0.253 e. The fourth-order valence-electron chi connectivity index (χ4n) is 3.91. The van der Waals surface area contributed by atoms with E-state index in [1.807, 2.05) is 58.3 Å². The maximum absolute atomic E-state index is 12.9. The molecule has 0 radical (unpaired) electrons. The lowest BCUT2D eigenvalue weighted by molar-refractivity contribution is -0.116. The first-order valence-electron chi connectivity index (χ1n) is 9.18. The highest BCUT2D eigenvalue weighted by molar-refractivity contribution is 9.10. The van der Waals surface area contributed by atoms with Crippen LogP contribution in [0.5, 0.6) is 5.75 Å². The largest absolute Gasteiger partial charge is 0.497 e. The molecule has 2 fully saturated rings. The van der Waals surface area contributed by atoms with Gasteiger partial charge >= 0.3 is 0 Å². The lowest BCUT2D eigenvalue weighted by Gasteiger charge is -2.44. The fraction of sp³-hybridized carbons (Fsp3) is 0.333. The summed E-state index contributed by atoms with van der Waals surface area (Å²) >= 11 is 5.12. The van der Waals surface area contributed by atoms with Gasteiger partial charge in [-0.25, -0.2) is 0 Å². The number of rotatable bonds is 3. The summed E-state index contributed by atoms with van der Waals surface area (Å²) in [5.41, 5.74) is 1.55. The van der Waals surface area contributed by atoms with E-state index in [4.69, 9.17) is 4.74 Å². The number of likely N-dealkylation sites (tertiary alicyclic amines) is 1. The first-order chi connectivity index (χ1) is 13.5.